The summed E-state index contributed by atoms with van der Waals surface area (Å²) in [5.41, 5.74) is 0.817. The first-order chi connectivity index (χ1) is 12.3. The van der Waals surface area contributed by atoms with E-state index >= 15 is 0 Å². The van der Waals surface area contributed by atoms with Crippen molar-refractivity contribution in [2.75, 3.05) is 13.7 Å². The van der Waals surface area contributed by atoms with Gasteiger partial charge in [0.15, 0.2) is 0 Å². The smallest absolute Gasteiger partial charge is 0.407 e. The second-order valence-corrected chi connectivity index (χ2v) is 5.46. The van der Waals surface area contributed by atoms with Crippen LogP contribution in [0.1, 0.15) is 19.4 Å². The number of carbonyl (C=O) groups excluding carboxylic acids is 4. The van der Waals surface area contributed by atoms with E-state index in [-0.39, 0.29) is 13.2 Å². The van der Waals surface area contributed by atoms with E-state index in [1.165, 1.54) is 21.0 Å². The first-order valence-corrected chi connectivity index (χ1v) is 7.95. The summed E-state index contributed by atoms with van der Waals surface area (Å²) >= 11 is 0. The number of amides is 3. The lowest BCUT2D eigenvalue weighted by atomic mass is 10.2. The lowest BCUT2D eigenvalue weighted by Crippen LogP contribution is -2.51. The molecule has 26 heavy (non-hydrogen) atoms. The molecule has 0 bridgehead atoms. The third-order valence-electron chi connectivity index (χ3n) is 3.29. The number of ether oxygens (including phenoxy) is 2. The van der Waals surface area contributed by atoms with Gasteiger partial charge in [-0.1, -0.05) is 30.3 Å². The molecule has 0 saturated heterocycles. The molecule has 0 spiro atoms. The summed E-state index contributed by atoms with van der Waals surface area (Å²) < 4.78 is 9.45. The Morgan fingerprint density at radius 2 is 1.65 bits per heavy atom. The highest BCUT2D eigenvalue weighted by Crippen LogP contribution is 2.00. The molecular formula is C17H23N3O6. The molecule has 0 aliphatic rings. The van der Waals surface area contributed by atoms with Gasteiger partial charge in [0.2, 0.25) is 11.8 Å². The van der Waals surface area contributed by atoms with Gasteiger partial charge in [-0.05, 0) is 19.4 Å². The quantitative estimate of drug-likeness (QED) is 0.561. The zero-order chi connectivity index (χ0) is 19.5. The maximum Gasteiger partial charge on any atom is 0.407 e. The van der Waals surface area contributed by atoms with Crippen LogP contribution >= 0.6 is 0 Å². The number of carbonyl (C=O) groups is 4. The SMILES string of the molecule is COC(=O)[C@H](C)NC(=O)[C@H](C)NC(=O)CNC(=O)OCc1ccccc1. The Hall–Kier alpha value is -3.10. The third kappa shape index (κ3) is 7.65. The number of esters is 1. The number of methoxy groups -OCH3 is 1. The third-order valence-corrected chi connectivity index (χ3v) is 3.29. The molecule has 0 heterocycles. The second-order valence-electron chi connectivity index (χ2n) is 5.46. The largest absolute Gasteiger partial charge is 0.467 e. The molecule has 2 atom stereocenters. The van der Waals surface area contributed by atoms with E-state index in [0.29, 0.717) is 0 Å². The summed E-state index contributed by atoms with van der Waals surface area (Å²) in [6.07, 6.45) is -0.750. The van der Waals surface area contributed by atoms with Gasteiger partial charge >= 0.3 is 12.1 Å². The fraction of sp³-hybridized carbons (Fsp3) is 0.412. The molecule has 0 unspecified atom stereocenters. The maximum atomic E-state index is 11.9. The van der Waals surface area contributed by atoms with Crippen molar-refractivity contribution in [3.05, 3.63) is 35.9 Å². The number of hydrogen-bond donors (Lipinski definition) is 3. The summed E-state index contributed by atoms with van der Waals surface area (Å²) in [7, 11) is 1.21. The zero-order valence-electron chi connectivity index (χ0n) is 14.9. The summed E-state index contributed by atoms with van der Waals surface area (Å²) in [4.78, 5) is 46.4. The summed E-state index contributed by atoms with van der Waals surface area (Å²) in [5.74, 6) is -1.72. The number of benzene rings is 1. The van der Waals surface area contributed by atoms with E-state index in [1.807, 2.05) is 18.2 Å². The van der Waals surface area contributed by atoms with Crippen LogP contribution < -0.4 is 16.0 Å². The Morgan fingerprint density at radius 3 is 2.27 bits per heavy atom. The Bertz CT molecular complexity index is 635. The van der Waals surface area contributed by atoms with Crippen molar-refractivity contribution in [1.82, 2.24) is 16.0 Å². The fourth-order valence-electron chi connectivity index (χ4n) is 1.86. The van der Waals surface area contributed by atoms with Crippen molar-refractivity contribution in [2.24, 2.45) is 0 Å². The standard InChI is InChI=1S/C17H23N3O6/c1-11(15(22)20-12(2)16(23)25-3)19-14(21)9-18-17(24)26-10-13-7-5-4-6-8-13/h4-8,11-12H,9-10H2,1-3H3,(H,18,24)(H,19,21)(H,20,22)/t11-,12-/m0/s1. The highest BCUT2D eigenvalue weighted by Gasteiger charge is 2.21. The first-order valence-electron chi connectivity index (χ1n) is 7.95. The number of alkyl carbamates (subject to hydrolysis) is 1. The van der Waals surface area contributed by atoms with Crippen molar-refractivity contribution in [2.45, 2.75) is 32.5 Å². The van der Waals surface area contributed by atoms with Crippen LogP contribution in [0, 0.1) is 0 Å². The maximum absolute atomic E-state index is 11.9. The van der Waals surface area contributed by atoms with Crippen molar-refractivity contribution >= 4 is 23.9 Å². The molecule has 0 aliphatic carbocycles. The molecule has 1 aromatic rings. The summed E-state index contributed by atoms with van der Waals surface area (Å²) in [6.45, 7) is 2.64. The van der Waals surface area contributed by atoms with Crippen LogP contribution in [0.4, 0.5) is 4.79 Å². The Labute approximate surface area is 151 Å². The van der Waals surface area contributed by atoms with Crippen LogP contribution in [0.15, 0.2) is 30.3 Å². The van der Waals surface area contributed by atoms with Crippen LogP contribution in [0.25, 0.3) is 0 Å². The van der Waals surface area contributed by atoms with Gasteiger partial charge in [0.25, 0.3) is 0 Å². The highest BCUT2D eigenvalue weighted by molar-refractivity contribution is 5.91. The van der Waals surface area contributed by atoms with E-state index in [2.05, 4.69) is 20.7 Å². The van der Waals surface area contributed by atoms with Crippen molar-refractivity contribution in [1.29, 1.82) is 0 Å². The number of hydrogen-bond acceptors (Lipinski definition) is 6. The average molecular weight is 365 g/mol. The molecule has 1 rings (SSSR count). The summed E-state index contributed by atoms with van der Waals surface area (Å²) in [6, 6.07) is 7.35. The Kier molecular flexibility index (Phi) is 8.62. The van der Waals surface area contributed by atoms with E-state index in [9.17, 15) is 19.2 Å². The van der Waals surface area contributed by atoms with E-state index in [1.54, 1.807) is 12.1 Å². The molecule has 0 aromatic heterocycles. The van der Waals surface area contributed by atoms with Crippen LogP contribution in [0.3, 0.4) is 0 Å². The second kappa shape index (κ2) is 10.7. The van der Waals surface area contributed by atoms with E-state index in [4.69, 9.17) is 4.74 Å². The van der Waals surface area contributed by atoms with Crippen LogP contribution in [-0.2, 0) is 30.5 Å². The average Bonchev–Trinajstić information content (AvgIpc) is 2.64. The molecular weight excluding hydrogens is 342 g/mol. The molecule has 3 amide bonds. The van der Waals surface area contributed by atoms with E-state index in [0.717, 1.165) is 5.56 Å². The van der Waals surface area contributed by atoms with Crippen molar-refractivity contribution < 1.29 is 28.7 Å². The molecule has 1 aromatic carbocycles. The molecule has 0 radical (unpaired) electrons. The predicted molar refractivity (Wildman–Crippen MR) is 91.9 cm³/mol. The van der Waals surface area contributed by atoms with Crippen LogP contribution in [0.2, 0.25) is 0 Å². The molecule has 9 nitrogen and oxygen atoms in total. The van der Waals surface area contributed by atoms with Crippen molar-refractivity contribution in [3.63, 3.8) is 0 Å². The first kappa shape index (κ1) is 20.9. The minimum absolute atomic E-state index is 0.0819. The Balaban J connectivity index is 2.28. The van der Waals surface area contributed by atoms with Gasteiger partial charge in [-0.2, -0.15) is 0 Å². The molecule has 0 aliphatic heterocycles. The lowest BCUT2D eigenvalue weighted by molar-refractivity contribution is -0.144. The van der Waals surface area contributed by atoms with Crippen molar-refractivity contribution in [3.8, 4) is 0 Å². The number of rotatable bonds is 8. The Morgan fingerprint density at radius 1 is 1.00 bits per heavy atom. The highest BCUT2D eigenvalue weighted by atomic mass is 16.5. The molecule has 9 heteroatoms. The molecule has 3 N–H and O–H groups in total. The van der Waals surface area contributed by atoms with Gasteiger partial charge in [0, 0.05) is 0 Å². The zero-order valence-corrected chi connectivity index (χ0v) is 14.9. The monoisotopic (exact) mass is 365 g/mol. The van der Waals surface area contributed by atoms with Gasteiger partial charge in [-0.25, -0.2) is 9.59 Å². The molecule has 0 fully saturated rings. The van der Waals surface area contributed by atoms with Gasteiger partial charge in [-0.15, -0.1) is 0 Å². The van der Waals surface area contributed by atoms with Gasteiger partial charge in [0.05, 0.1) is 7.11 Å². The predicted octanol–water partition coefficient (Wildman–Crippen LogP) is 0.0952. The topological polar surface area (TPSA) is 123 Å². The molecule has 142 valence electrons. The van der Waals surface area contributed by atoms with Gasteiger partial charge in [-0.3, -0.25) is 9.59 Å². The normalized spacial score (nSPS) is 12.3. The number of nitrogens with one attached hydrogen (secondary N) is 3. The minimum Gasteiger partial charge on any atom is -0.467 e. The fourth-order valence-corrected chi connectivity index (χ4v) is 1.86. The lowest BCUT2D eigenvalue weighted by Gasteiger charge is -2.17. The molecule has 0 saturated carbocycles. The van der Waals surface area contributed by atoms with Gasteiger partial charge < -0.3 is 25.4 Å². The van der Waals surface area contributed by atoms with E-state index < -0.39 is 36.0 Å². The van der Waals surface area contributed by atoms with Crippen LogP contribution in [0.5, 0.6) is 0 Å². The minimum atomic E-state index is -0.892. The van der Waals surface area contributed by atoms with Gasteiger partial charge in [0.1, 0.15) is 25.2 Å². The van der Waals surface area contributed by atoms with Crippen LogP contribution in [-0.4, -0.2) is 49.6 Å². The summed E-state index contributed by atoms with van der Waals surface area (Å²) in [5, 5.41) is 7.08.